The van der Waals surface area contributed by atoms with Crippen molar-refractivity contribution >= 4 is 5.91 Å². The molecular formula is C17H29N5O. The van der Waals surface area contributed by atoms with Gasteiger partial charge in [-0.05, 0) is 12.8 Å². The van der Waals surface area contributed by atoms with Crippen LogP contribution >= 0.6 is 0 Å². The van der Waals surface area contributed by atoms with E-state index in [9.17, 15) is 4.79 Å². The summed E-state index contributed by atoms with van der Waals surface area (Å²) in [4.78, 5) is 23.7. The maximum absolute atomic E-state index is 12.5. The molecule has 0 unspecified atom stereocenters. The van der Waals surface area contributed by atoms with Crippen LogP contribution in [0.5, 0.6) is 0 Å². The molecule has 0 aliphatic carbocycles. The second-order valence-corrected chi connectivity index (χ2v) is 6.80. The third-order valence-corrected chi connectivity index (χ3v) is 5.07. The Kier molecular flexibility index (Phi) is 5.67. The van der Waals surface area contributed by atoms with Gasteiger partial charge in [0.25, 0.3) is 0 Å². The van der Waals surface area contributed by atoms with Crippen LogP contribution in [-0.4, -0.2) is 76.0 Å². The molecule has 6 heteroatoms. The number of piperazine rings is 1. The fourth-order valence-electron chi connectivity index (χ4n) is 3.47. The Morgan fingerprint density at radius 3 is 2.26 bits per heavy atom. The van der Waals surface area contributed by atoms with Crippen molar-refractivity contribution in [2.75, 3.05) is 45.8 Å². The zero-order valence-electron chi connectivity index (χ0n) is 14.3. The Morgan fingerprint density at radius 2 is 1.65 bits per heavy atom. The summed E-state index contributed by atoms with van der Waals surface area (Å²) in [5, 5.41) is 0. The Balaban J connectivity index is 1.42. The number of aryl methyl sites for hydroxylation is 1. The Bertz CT molecular complexity index is 499. The van der Waals surface area contributed by atoms with Gasteiger partial charge < -0.3 is 9.47 Å². The lowest BCUT2D eigenvalue weighted by molar-refractivity contribution is -0.132. The summed E-state index contributed by atoms with van der Waals surface area (Å²) in [5.74, 6) is 1.43. The summed E-state index contributed by atoms with van der Waals surface area (Å²) < 4.78 is 2.08. The molecule has 0 radical (unpaired) electrons. The van der Waals surface area contributed by atoms with E-state index in [0.29, 0.717) is 12.5 Å². The molecule has 2 aliphatic rings. The molecule has 2 saturated heterocycles. The number of likely N-dealkylation sites (tertiary alicyclic amines) is 1. The molecule has 3 heterocycles. The van der Waals surface area contributed by atoms with Crippen molar-refractivity contribution in [2.24, 2.45) is 7.05 Å². The summed E-state index contributed by atoms with van der Waals surface area (Å²) >= 11 is 0. The molecular weight excluding hydrogens is 290 g/mol. The van der Waals surface area contributed by atoms with E-state index in [4.69, 9.17) is 0 Å². The van der Waals surface area contributed by atoms with E-state index in [0.717, 1.165) is 51.6 Å². The molecule has 2 aliphatic heterocycles. The van der Waals surface area contributed by atoms with Gasteiger partial charge in [-0.25, -0.2) is 4.98 Å². The summed E-state index contributed by atoms with van der Waals surface area (Å²) in [5.41, 5.74) is 0. The quantitative estimate of drug-likeness (QED) is 0.828. The molecule has 6 nitrogen and oxygen atoms in total. The molecule has 0 N–H and O–H groups in total. The van der Waals surface area contributed by atoms with Gasteiger partial charge in [0.1, 0.15) is 5.82 Å². The number of hydrogen-bond acceptors (Lipinski definition) is 4. The van der Waals surface area contributed by atoms with Crippen LogP contribution in [0.3, 0.4) is 0 Å². The molecule has 1 aromatic heterocycles. The number of carbonyl (C=O) groups excluding carboxylic acids is 1. The Morgan fingerprint density at radius 1 is 1.00 bits per heavy atom. The molecule has 3 rings (SSSR count). The lowest BCUT2D eigenvalue weighted by atomic mass is 10.2. The van der Waals surface area contributed by atoms with Crippen molar-refractivity contribution in [1.82, 2.24) is 24.3 Å². The summed E-state index contributed by atoms with van der Waals surface area (Å²) in [6.07, 6.45) is 8.73. The van der Waals surface area contributed by atoms with Gasteiger partial charge in [-0.15, -0.1) is 0 Å². The minimum Gasteiger partial charge on any atom is -0.342 e. The molecule has 1 amide bonds. The van der Waals surface area contributed by atoms with Crippen LogP contribution in [0.25, 0.3) is 0 Å². The zero-order chi connectivity index (χ0) is 16.1. The normalized spacial score (nSPS) is 21.3. The first-order valence-electron chi connectivity index (χ1n) is 8.91. The number of nitrogens with zero attached hydrogens (tertiary/aromatic N) is 5. The van der Waals surface area contributed by atoms with Crippen molar-refractivity contribution in [2.45, 2.75) is 32.2 Å². The Labute approximate surface area is 139 Å². The van der Waals surface area contributed by atoms with E-state index in [-0.39, 0.29) is 0 Å². The molecule has 128 valence electrons. The van der Waals surface area contributed by atoms with Crippen molar-refractivity contribution < 1.29 is 4.79 Å². The Hall–Kier alpha value is -1.40. The second-order valence-electron chi connectivity index (χ2n) is 6.80. The third-order valence-electron chi connectivity index (χ3n) is 5.07. The van der Waals surface area contributed by atoms with E-state index in [1.165, 1.54) is 25.7 Å². The SMILES string of the molecule is Cn1ccnc1CN1CCN(CC(=O)N2CCCCCC2)CC1. The third kappa shape index (κ3) is 4.54. The van der Waals surface area contributed by atoms with Crippen LogP contribution in [0, 0.1) is 0 Å². The molecule has 0 aromatic carbocycles. The average Bonchev–Trinajstić information content (AvgIpc) is 2.80. The highest BCUT2D eigenvalue weighted by molar-refractivity contribution is 5.78. The fraction of sp³-hybridized carbons (Fsp3) is 0.765. The summed E-state index contributed by atoms with van der Waals surface area (Å²) in [6, 6.07) is 0. The van der Waals surface area contributed by atoms with Crippen molar-refractivity contribution in [3.05, 3.63) is 18.2 Å². The van der Waals surface area contributed by atoms with E-state index < -0.39 is 0 Å². The van der Waals surface area contributed by atoms with E-state index in [1.54, 1.807) is 0 Å². The van der Waals surface area contributed by atoms with Crippen molar-refractivity contribution in [1.29, 1.82) is 0 Å². The highest BCUT2D eigenvalue weighted by Gasteiger charge is 2.22. The highest BCUT2D eigenvalue weighted by Crippen LogP contribution is 2.11. The van der Waals surface area contributed by atoms with Crippen LogP contribution in [0.4, 0.5) is 0 Å². The molecule has 0 spiro atoms. The predicted octanol–water partition coefficient (Wildman–Crippen LogP) is 0.940. The number of amides is 1. The van der Waals surface area contributed by atoms with Crippen LogP contribution in [0.1, 0.15) is 31.5 Å². The maximum Gasteiger partial charge on any atom is 0.236 e. The van der Waals surface area contributed by atoms with Gasteiger partial charge in [0.2, 0.25) is 5.91 Å². The molecule has 23 heavy (non-hydrogen) atoms. The standard InChI is InChI=1S/C17H29N5O/c1-19-9-6-18-16(19)14-20-10-12-21(13-11-20)15-17(23)22-7-4-2-3-5-8-22/h6,9H,2-5,7-8,10-15H2,1H3. The average molecular weight is 319 g/mol. The first kappa shape index (κ1) is 16.5. The van der Waals surface area contributed by atoms with E-state index >= 15 is 0 Å². The van der Waals surface area contributed by atoms with Crippen LogP contribution in [0.2, 0.25) is 0 Å². The minimum absolute atomic E-state index is 0.324. The highest BCUT2D eigenvalue weighted by atomic mass is 16.2. The molecule has 2 fully saturated rings. The molecule has 0 saturated carbocycles. The molecule has 0 atom stereocenters. The largest absolute Gasteiger partial charge is 0.342 e. The van der Waals surface area contributed by atoms with Gasteiger partial charge in [-0.3, -0.25) is 14.6 Å². The smallest absolute Gasteiger partial charge is 0.236 e. The monoisotopic (exact) mass is 319 g/mol. The lowest BCUT2D eigenvalue weighted by Crippen LogP contribution is -2.50. The van der Waals surface area contributed by atoms with Gasteiger partial charge in [0, 0.05) is 58.7 Å². The number of aromatic nitrogens is 2. The van der Waals surface area contributed by atoms with Gasteiger partial charge >= 0.3 is 0 Å². The van der Waals surface area contributed by atoms with E-state index in [1.807, 2.05) is 19.4 Å². The number of imidazole rings is 1. The van der Waals surface area contributed by atoms with Gasteiger partial charge in [-0.1, -0.05) is 12.8 Å². The fourth-order valence-corrected chi connectivity index (χ4v) is 3.47. The van der Waals surface area contributed by atoms with Gasteiger partial charge in [0.05, 0.1) is 13.1 Å². The predicted molar refractivity (Wildman–Crippen MR) is 90.0 cm³/mol. The van der Waals surface area contributed by atoms with Crippen LogP contribution < -0.4 is 0 Å². The number of rotatable bonds is 4. The number of carbonyl (C=O) groups is 1. The minimum atomic E-state index is 0.324. The van der Waals surface area contributed by atoms with E-state index in [2.05, 4.69) is 24.3 Å². The summed E-state index contributed by atoms with van der Waals surface area (Å²) in [6.45, 7) is 7.39. The topological polar surface area (TPSA) is 44.6 Å². The number of hydrogen-bond donors (Lipinski definition) is 0. The molecule has 0 bridgehead atoms. The first-order valence-corrected chi connectivity index (χ1v) is 8.91. The zero-order valence-corrected chi connectivity index (χ0v) is 14.3. The second kappa shape index (κ2) is 7.93. The summed E-state index contributed by atoms with van der Waals surface area (Å²) in [7, 11) is 2.04. The van der Waals surface area contributed by atoms with Crippen LogP contribution in [-0.2, 0) is 18.4 Å². The van der Waals surface area contributed by atoms with Gasteiger partial charge in [-0.2, -0.15) is 0 Å². The van der Waals surface area contributed by atoms with Crippen molar-refractivity contribution in [3.63, 3.8) is 0 Å². The molecule has 1 aromatic rings. The van der Waals surface area contributed by atoms with Crippen LogP contribution in [0.15, 0.2) is 12.4 Å². The van der Waals surface area contributed by atoms with Crippen molar-refractivity contribution in [3.8, 4) is 0 Å². The maximum atomic E-state index is 12.5. The van der Waals surface area contributed by atoms with Gasteiger partial charge in [0.15, 0.2) is 0 Å². The first-order chi connectivity index (χ1) is 11.2. The lowest BCUT2D eigenvalue weighted by Gasteiger charge is -2.35.